The fourth-order valence-corrected chi connectivity index (χ4v) is 2.40. The molecular formula is C15H8F3N3O. The van der Waals surface area contributed by atoms with Crippen molar-refractivity contribution >= 4 is 22.4 Å². The second kappa shape index (κ2) is 4.33. The number of alkyl halides is 3. The van der Waals surface area contributed by atoms with E-state index in [2.05, 4.69) is 15.3 Å². The van der Waals surface area contributed by atoms with Gasteiger partial charge in [-0.25, -0.2) is 9.97 Å². The van der Waals surface area contributed by atoms with Crippen molar-refractivity contribution in [3.05, 3.63) is 48.3 Å². The number of fused-ring (bicyclic) bond motifs is 4. The van der Waals surface area contributed by atoms with Crippen LogP contribution in [0.2, 0.25) is 0 Å². The number of pyridine rings is 2. The largest absolute Gasteiger partial charge is 0.451 e. The van der Waals surface area contributed by atoms with Crippen molar-refractivity contribution in [1.82, 2.24) is 9.97 Å². The number of nitrogens with one attached hydrogen (secondary N) is 1. The molecule has 4 rings (SSSR count). The van der Waals surface area contributed by atoms with Crippen molar-refractivity contribution in [3.63, 3.8) is 0 Å². The highest BCUT2D eigenvalue weighted by molar-refractivity contribution is 5.97. The monoisotopic (exact) mass is 303 g/mol. The third-order valence-corrected chi connectivity index (χ3v) is 3.34. The van der Waals surface area contributed by atoms with Crippen LogP contribution in [0.1, 0.15) is 5.69 Å². The maximum atomic E-state index is 13.3. The zero-order chi connectivity index (χ0) is 15.3. The molecule has 7 heteroatoms. The number of benzene rings is 1. The summed E-state index contributed by atoms with van der Waals surface area (Å²) in [6.45, 7) is 0. The van der Waals surface area contributed by atoms with Crippen LogP contribution in [0, 0.1) is 0 Å². The molecule has 1 aromatic carbocycles. The maximum absolute atomic E-state index is 13.3. The van der Waals surface area contributed by atoms with Crippen LogP contribution in [-0.4, -0.2) is 9.97 Å². The Bertz CT molecular complexity index is 893. The first kappa shape index (κ1) is 12.9. The van der Waals surface area contributed by atoms with E-state index in [9.17, 15) is 13.2 Å². The summed E-state index contributed by atoms with van der Waals surface area (Å²) in [7, 11) is 0. The lowest BCUT2D eigenvalue weighted by atomic mass is 10.1. The van der Waals surface area contributed by atoms with Crippen molar-refractivity contribution in [2.75, 3.05) is 5.32 Å². The third kappa shape index (κ3) is 1.86. The normalized spacial score (nSPS) is 13.0. The van der Waals surface area contributed by atoms with Crippen molar-refractivity contribution in [2.24, 2.45) is 0 Å². The highest BCUT2D eigenvalue weighted by Gasteiger charge is 2.40. The van der Waals surface area contributed by atoms with Gasteiger partial charge in [-0.2, -0.15) is 13.2 Å². The number of anilines is 2. The Kier molecular flexibility index (Phi) is 2.53. The third-order valence-electron chi connectivity index (χ3n) is 3.34. The molecule has 110 valence electrons. The standard InChI is InChI=1S/C15H8F3N3O/c16-15(17,18)13-12-11(8-4-3-7-19-14(8)21-13)20-9-5-1-2-6-10(9)22-12/h1-7,20H. The Morgan fingerprint density at radius 1 is 1.05 bits per heavy atom. The molecule has 0 unspecified atom stereocenters. The average Bonchev–Trinajstić information content (AvgIpc) is 2.51. The van der Waals surface area contributed by atoms with Gasteiger partial charge in [0.2, 0.25) is 0 Å². The number of halogens is 3. The SMILES string of the molecule is FC(F)(F)c1nc2ncccc2c2c1Oc1ccccc1N2. The molecule has 2 aromatic heterocycles. The average molecular weight is 303 g/mol. The molecule has 0 bridgehead atoms. The summed E-state index contributed by atoms with van der Waals surface area (Å²) < 4.78 is 45.3. The molecule has 0 atom stereocenters. The van der Waals surface area contributed by atoms with Crippen LogP contribution < -0.4 is 10.1 Å². The summed E-state index contributed by atoms with van der Waals surface area (Å²) in [6, 6.07) is 10.1. The van der Waals surface area contributed by atoms with Gasteiger partial charge in [0.25, 0.3) is 0 Å². The van der Waals surface area contributed by atoms with Gasteiger partial charge in [-0.3, -0.25) is 0 Å². The summed E-state index contributed by atoms with van der Waals surface area (Å²) in [4.78, 5) is 7.54. The quantitative estimate of drug-likeness (QED) is 0.519. The molecule has 4 nitrogen and oxygen atoms in total. The molecule has 0 fully saturated rings. The molecular weight excluding hydrogens is 295 g/mol. The van der Waals surface area contributed by atoms with Crippen molar-refractivity contribution in [1.29, 1.82) is 0 Å². The van der Waals surface area contributed by atoms with Gasteiger partial charge in [0, 0.05) is 11.6 Å². The number of para-hydroxylation sites is 2. The molecule has 3 heterocycles. The summed E-state index contributed by atoms with van der Waals surface area (Å²) in [5.74, 6) is -0.00256. The van der Waals surface area contributed by atoms with Crippen LogP contribution in [0.3, 0.4) is 0 Å². The number of ether oxygens (including phenoxy) is 1. The fourth-order valence-electron chi connectivity index (χ4n) is 2.40. The Morgan fingerprint density at radius 3 is 2.68 bits per heavy atom. The van der Waals surface area contributed by atoms with Crippen LogP contribution in [0.5, 0.6) is 11.5 Å². The second-order valence-electron chi connectivity index (χ2n) is 4.76. The molecule has 0 saturated carbocycles. The summed E-state index contributed by atoms with van der Waals surface area (Å²) in [6.07, 6.45) is -3.23. The zero-order valence-corrected chi connectivity index (χ0v) is 11.0. The summed E-state index contributed by atoms with van der Waals surface area (Å²) >= 11 is 0. The first-order valence-corrected chi connectivity index (χ1v) is 6.44. The molecule has 1 N–H and O–H groups in total. The lowest BCUT2D eigenvalue weighted by Gasteiger charge is -2.25. The van der Waals surface area contributed by atoms with Crippen LogP contribution in [0.15, 0.2) is 42.6 Å². The van der Waals surface area contributed by atoms with Crippen LogP contribution >= 0.6 is 0 Å². The van der Waals surface area contributed by atoms with Crippen molar-refractivity contribution in [3.8, 4) is 11.5 Å². The predicted octanol–water partition coefficient (Wildman–Crippen LogP) is 4.50. The van der Waals surface area contributed by atoms with E-state index in [0.29, 0.717) is 16.8 Å². The molecule has 0 aliphatic carbocycles. The predicted molar refractivity (Wildman–Crippen MR) is 74.3 cm³/mol. The van der Waals surface area contributed by atoms with Crippen LogP contribution in [0.25, 0.3) is 11.0 Å². The Balaban J connectivity index is 2.04. The van der Waals surface area contributed by atoms with Crippen molar-refractivity contribution < 1.29 is 17.9 Å². The van der Waals surface area contributed by atoms with E-state index in [1.54, 1.807) is 36.4 Å². The van der Waals surface area contributed by atoms with Gasteiger partial charge in [-0.1, -0.05) is 12.1 Å². The number of aromatic nitrogens is 2. The Hall–Kier alpha value is -2.83. The van der Waals surface area contributed by atoms with Crippen LogP contribution in [-0.2, 0) is 6.18 Å². The van der Waals surface area contributed by atoms with E-state index in [1.807, 2.05) is 0 Å². The number of hydrogen-bond donors (Lipinski definition) is 1. The van der Waals surface area contributed by atoms with E-state index >= 15 is 0 Å². The zero-order valence-electron chi connectivity index (χ0n) is 11.0. The number of hydrogen-bond acceptors (Lipinski definition) is 4. The van der Waals surface area contributed by atoms with Crippen molar-refractivity contribution in [2.45, 2.75) is 6.18 Å². The lowest BCUT2D eigenvalue weighted by Crippen LogP contribution is -2.15. The fraction of sp³-hybridized carbons (Fsp3) is 0.0667. The van der Waals surface area contributed by atoms with E-state index in [1.165, 1.54) is 6.20 Å². The highest BCUT2D eigenvalue weighted by Crippen LogP contribution is 2.49. The van der Waals surface area contributed by atoms with E-state index < -0.39 is 11.9 Å². The topological polar surface area (TPSA) is 47.0 Å². The molecule has 0 saturated heterocycles. The number of nitrogens with zero attached hydrogens (tertiary/aromatic N) is 2. The first-order valence-electron chi connectivity index (χ1n) is 6.44. The molecule has 1 aliphatic heterocycles. The summed E-state index contributed by atoms with van der Waals surface area (Å²) in [5, 5.41) is 3.46. The van der Waals surface area contributed by atoms with Crippen LogP contribution in [0.4, 0.5) is 24.5 Å². The van der Waals surface area contributed by atoms with Gasteiger partial charge in [0.15, 0.2) is 22.8 Å². The molecule has 0 spiro atoms. The number of rotatable bonds is 0. The minimum Gasteiger partial charge on any atom is -0.451 e. The van der Waals surface area contributed by atoms with E-state index in [0.717, 1.165) is 0 Å². The van der Waals surface area contributed by atoms with E-state index in [-0.39, 0.29) is 17.1 Å². The van der Waals surface area contributed by atoms with Gasteiger partial charge < -0.3 is 10.1 Å². The van der Waals surface area contributed by atoms with Gasteiger partial charge in [-0.15, -0.1) is 0 Å². The highest BCUT2D eigenvalue weighted by atomic mass is 19.4. The molecule has 22 heavy (non-hydrogen) atoms. The first-order chi connectivity index (χ1) is 10.5. The smallest absolute Gasteiger partial charge is 0.437 e. The Morgan fingerprint density at radius 2 is 1.86 bits per heavy atom. The summed E-state index contributed by atoms with van der Waals surface area (Å²) in [5.41, 5.74) is -0.247. The lowest BCUT2D eigenvalue weighted by molar-refractivity contribution is -0.141. The minimum absolute atomic E-state index is 0.0176. The molecule has 3 aromatic rings. The molecule has 0 radical (unpaired) electrons. The second-order valence-corrected chi connectivity index (χ2v) is 4.76. The van der Waals surface area contributed by atoms with Gasteiger partial charge in [0.1, 0.15) is 0 Å². The Labute approximate surface area is 122 Å². The van der Waals surface area contributed by atoms with E-state index in [4.69, 9.17) is 4.74 Å². The molecule has 1 aliphatic rings. The van der Waals surface area contributed by atoms with Gasteiger partial charge in [-0.05, 0) is 24.3 Å². The maximum Gasteiger partial charge on any atom is 0.437 e. The molecule has 0 amide bonds. The minimum atomic E-state index is -4.64. The van der Waals surface area contributed by atoms with Gasteiger partial charge >= 0.3 is 6.18 Å². The van der Waals surface area contributed by atoms with Gasteiger partial charge in [0.05, 0.1) is 11.4 Å².